The number of hydrogen-bond acceptors (Lipinski definition) is 4. The lowest BCUT2D eigenvalue weighted by Gasteiger charge is -2.37. The van der Waals surface area contributed by atoms with Crippen molar-refractivity contribution in [3.8, 4) is 0 Å². The number of nitrogens with zero attached hydrogens (tertiary/aromatic N) is 4. The summed E-state index contributed by atoms with van der Waals surface area (Å²) in [5.74, 6) is 0.643. The fourth-order valence-electron chi connectivity index (χ4n) is 2.89. The van der Waals surface area contributed by atoms with E-state index >= 15 is 0 Å². The van der Waals surface area contributed by atoms with Gasteiger partial charge in [0.1, 0.15) is 11.6 Å². The molecule has 1 aliphatic heterocycles. The summed E-state index contributed by atoms with van der Waals surface area (Å²) in [5, 5.41) is 7.08. The molecule has 0 unspecified atom stereocenters. The lowest BCUT2D eigenvalue weighted by atomic mass is 10.2. The maximum atomic E-state index is 13.9. The lowest BCUT2D eigenvalue weighted by Crippen LogP contribution is -2.52. The first-order valence-electron chi connectivity index (χ1n) is 8.14. The van der Waals surface area contributed by atoms with E-state index in [1.807, 2.05) is 17.9 Å². The Morgan fingerprint density at radius 1 is 1.23 bits per heavy atom. The Kier molecular flexibility index (Phi) is 7.18. The molecule has 1 N–H and O–H groups in total. The van der Waals surface area contributed by atoms with Crippen LogP contribution in [0.25, 0.3) is 0 Å². The molecule has 2 aromatic rings. The number of piperazine rings is 1. The minimum absolute atomic E-state index is 0. The smallest absolute Gasteiger partial charge is 0.194 e. The quantitative estimate of drug-likeness (QED) is 0.419. The highest BCUT2D eigenvalue weighted by atomic mass is 127. The van der Waals surface area contributed by atoms with Crippen LogP contribution in [0.5, 0.6) is 0 Å². The summed E-state index contributed by atoms with van der Waals surface area (Å²) in [6.45, 7) is 4.85. The highest BCUT2D eigenvalue weighted by Gasteiger charge is 2.22. The Bertz CT molecular complexity index is 759. The number of rotatable bonds is 3. The number of benzene rings is 1. The molecule has 1 aliphatic rings. The monoisotopic (exact) mass is 477 g/mol. The topological polar surface area (TPSA) is 56.9 Å². The summed E-state index contributed by atoms with van der Waals surface area (Å²) in [6.07, 6.45) is 0. The van der Waals surface area contributed by atoms with Crippen LogP contribution >= 0.6 is 24.0 Å². The summed E-state index contributed by atoms with van der Waals surface area (Å²) in [6, 6.07) is 5.40. The van der Waals surface area contributed by atoms with Crippen LogP contribution in [0.2, 0.25) is 0 Å². The van der Waals surface area contributed by atoms with Crippen molar-refractivity contribution in [3.05, 3.63) is 47.4 Å². The van der Waals surface area contributed by atoms with E-state index in [0.717, 1.165) is 29.5 Å². The van der Waals surface area contributed by atoms with E-state index < -0.39 is 11.6 Å². The third-order valence-corrected chi connectivity index (χ3v) is 4.14. The number of hydrogen-bond donors (Lipinski definition) is 1. The van der Waals surface area contributed by atoms with Gasteiger partial charge in [-0.15, -0.1) is 24.0 Å². The van der Waals surface area contributed by atoms with E-state index in [1.54, 1.807) is 7.05 Å². The highest BCUT2D eigenvalue weighted by molar-refractivity contribution is 14.0. The van der Waals surface area contributed by atoms with Crippen molar-refractivity contribution in [2.75, 3.05) is 38.1 Å². The van der Waals surface area contributed by atoms with Gasteiger partial charge in [0.25, 0.3) is 0 Å². The molecular weight excluding hydrogens is 455 g/mol. The van der Waals surface area contributed by atoms with E-state index in [4.69, 9.17) is 4.52 Å². The fraction of sp³-hybridized carbons (Fsp3) is 0.412. The van der Waals surface area contributed by atoms with Gasteiger partial charge >= 0.3 is 0 Å². The molecule has 6 nitrogen and oxygen atoms in total. The first-order chi connectivity index (χ1) is 12.1. The Balaban J connectivity index is 0.00000243. The number of nitrogens with one attached hydrogen (secondary N) is 1. The number of guanidine groups is 1. The van der Waals surface area contributed by atoms with Crippen LogP contribution in [0.4, 0.5) is 14.5 Å². The van der Waals surface area contributed by atoms with Crippen molar-refractivity contribution < 1.29 is 13.3 Å². The summed E-state index contributed by atoms with van der Waals surface area (Å²) >= 11 is 0. The second-order valence-electron chi connectivity index (χ2n) is 5.91. The second kappa shape index (κ2) is 9.15. The van der Waals surface area contributed by atoms with Crippen LogP contribution in [0.15, 0.2) is 33.8 Å². The molecule has 2 heterocycles. The third kappa shape index (κ3) is 4.83. The van der Waals surface area contributed by atoms with Gasteiger partial charge in [-0.3, -0.25) is 4.99 Å². The van der Waals surface area contributed by atoms with E-state index in [-0.39, 0.29) is 24.0 Å². The SMILES string of the molecule is CN=C(NCc1cc(C)no1)N1CCN(c2cc(F)ccc2F)CC1.I. The predicted octanol–water partition coefficient (Wildman–Crippen LogP) is 2.78. The minimum atomic E-state index is -0.432. The van der Waals surface area contributed by atoms with Gasteiger partial charge < -0.3 is 19.6 Å². The molecule has 9 heteroatoms. The van der Waals surface area contributed by atoms with Gasteiger partial charge in [0.2, 0.25) is 0 Å². The van der Waals surface area contributed by atoms with Crippen molar-refractivity contribution in [1.82, 2.24) is 15.4 Å². The van der Waals surface area contributed by atoms with Gasteiger partial charge in [0, 0.05) is 45.4 Å². The van der Waals surface area contributed by atoms with E-state index in [2.05, 4.69) is 20.4 Å². The largest absolute Gasteiger partial charge is 0.366 e. The van der Waals surface area contributed by atoms with Gasteiger partial charge in [0.05, 0.1) is 17.9 Å². The number of aromatic nitrogens is 1. The summed E-state index contributed by atoms with van der Waals surface area (Å²) < 4.78 is 32.5. The Morgan fingerprint density at radius 2 is 1.96 bits per heavy atom. The van der Waals surface area contributed by atoms with Crippen LogP contribution < -0.4 is 10.2 Å². The normalized spacial score (nSPS) is 15.0. The molecule has 1 aromatic carbocycles. The second-order valence-corrected chi connectivity index (χ2v) is 5.91. The van der Waals surface area contributed by atoms with Crippen LogP contribution in [0.3, 0.4) is 0 Å². The number of aliphatic imine (C=N–C) groups is 1. The van der Waals surface area contributed by atoms with Crippen molar-refractivity contribution in [2.24, 2.45) is 4.99 Å². The Labute approximate surface area is 168 Å². The van der Waals surface area contributed by atoms with E-state index in [0.29, 0.717) is 38.4 Å². The van der Waals surface area contributed by atoms with Gasteiger partial charge in [0.15, 0.2) is 11.7 Å². The molecule has 0 aliphatic carbocycles. The molecule has 1 saturated heterocycles. The number of anilines is 1. The average Bonchev–Trinajstić information content (AvgIpc) is 3.03. The van der Waals surface area contributed by atoms with Crippen molar-refractivity contribution in [3.63, 3.8) is 0 Å². The van der Waals surface area contributed by atoms with Crippen LogP contribution in [-0.4, -0.2) is 49.2 Å². The standard InChI is InChI=1S/C17H21F2N5O.HI/c1-12-9-14(25-22-12)11-21-17(20-2)24-7-5-23(6-8-24)16-10-13(18)3-4-15(16)19;/h3-4,9-10H,5-8,11H2,1-2H3,(H,20,21);1H. The van der Waals surface area contributed by atoms with E-state index in [9.17, 15) is 8.78 Å². The average molecular weight is 477 g/mol. The molecule has 1 aromatic heterocycles. The van der Waals surface area contributed by atoms with Gasteiger partial charge in [-0.1, -0.05) is 5.16 Å². The third-order valence-electron chi connectivity index (χ3n) is 4.14. The van der Waals surface area contributed by atoms with Crippen molar-refractivity contribution >= 4 is 35.6 Å². The Hall–Kier alpha value is -1.91. The minimum Gasteiger partial charge on any atom is -0.366 e. The zero-order valence-corrected chi connectivity index (χ0v) is 17.0. The Morgan fingerprint density at radius 3 is 2.58 bits per heavy atom. The molecule has 0 amide bonds. The fourth-order valence-corrected chi connectivity index (χ4v) is 2.89. The molecule has 3 rings (SSSR count). The molecule has 0 saturated carbocycles. The van der Waals surface area contributed by atoms with Gasteiger partial charge in [-0.2, -0.15) is 0 Å². The van der Waals surface area contributed by atoms with Crippen LogP contribution in [0.1, 0.15) is 11.5 Å². The van der Waals surface area contributed by atoms with Crippen molar-refractivity contribution in [1.29, 1.82) is 0 Å². The first kappa shape index (κ1) is 20.4. The lowest BCUT2D eigenvalue weighted by molar-refractivity contribution is 0.356. The molecular formula is C17H22F2IN5O. The zero-order chi connectivity index (χ0) is 17.8. The van der Waals surface area contributed by atoms with E-state index in [1.165, 1.54) is 6.07 Å². The predicted molar refractivity (Wildman–Crippen MR) is 107 cm³/mol. The molecule has 142 valence electrons. The number of halogens is 3. The van der Waals surface area contributed by atoms with Crippen LogP contribution in [-0.2, 0) is 6.54 Å². The summed E-state index contributed by atoms with van der Waals surface area (Å²) in [7, 11) is 1.71. The summed E-state index contributed by atoms with van der Waals surface area (Å²) in [4.78, 5) is 8.21. The summed E-state index contributed by atoms with van der Waals surface area (Å²) in [5.41, 5.74) is 1.14. The maximum Gasteiger partial charge on any atom is 0.194 e. The molecule has 26 heavy (non-hydrogen) atoms. The molecule has 0 radical (unpaired) electrons. The zero-order valence-electron chi connectivity index (χ0n) is 14.7. The molecule has 1 fully saturated rings. The molecule has 0 atom stereocenters. The van der Waals surface area contributed by atoms with Crippen LogP contribution in [0, 0.1) is 18.6 Å². The molecule has 0 spiro atoms. The number of aryl methyl sites for hydroxylation is 1. The molecule has 0 bridgehead atoms. The maximum absolute atomic E-state index is 13.9. The van der Waals surface area contributed by atoms with Gasteiger partial charge in [-0.25, -0.2) is 8.78 Å². The first-order valence-corrected chi connectivity index (χ1v) is 8.14. The van der Waals surface area contributed by atoms with Crippen molar-refractivity contribution in [2.45, 2.75) is 13.5 Å². The highest BCUT2D eigenvalue weighted by Crippen LogP contribution is 2.21. The van der Waals surface area contributed by atoms with Gasteiger partial charge in [-0.05, 0) is 19.1 Å².